The summed E-state index contributed by atoms with van der Waals surface area (Å²) in [5.74, 6) is 0.271. The summed E-state index contributed by atoms with van der Waals surface area (Å²) in [5.41, 5.74) is 11.4. The molecule has 0 spiro atoms. The van der Waals surface area contributed by atoms with E-state index in [9.17, 15) is 0 Å². The third kappa shape index (κ3) is 0.977. The van der Waals surface area contributed by atoms with E-state index in [1.165, 1.54) is 12.3 Å². The van der Waals surface area contributed by atoms with E-state index < -0.39 is 0 Å². The minimum Gasteiger partial charge on any atom is -0.397 e. The van der Waals surface area contributed by atoms with Crippen LogP contribution >= 0.6 is 0 Å². The predicted octanol–water partition coefficient (Wildman–Crippen LogP) is 0.797. The summed E-state index contributed by atoms with van der Waals surface area (Å²) in [6.07, 6.45) is 1.39. The lowest BCUT2D eigenvalue weighted by Gasteiger charge is -1.96. The quantitative estimate of drug-likeness (QED) is 0.515. The lowest BCUT2D eigenvalue weighted by Crippen LogP contribution is -1.95. The fourth-order valence-electron chi connectivity index (χ4n) is 0.542. The summed E-state index contributed by atoms with van der Waals surface area (Å²) in [6.45, 7) is 6.60. The van der Waals surface area contributed by atoms with E-state index in [1.807, 2.05) is 0 Å². The van der Waals surface area contributed by atoms with Crippen molar-refractivity contribution in [3.05, 3.63) is 23.7 Å². The molecule has 4 nitrogen and oxygen atoms in total. The van der Waals surface area contributed by atoms with Gasteiger partial charge in [-0.3, -0.25) is 0 Å². The molecule has 0 fully saturated rings. The molecule has 50 valence electrons. The Balaban J connectivity index is 3.20. The Bertz CT molecular complexity index is 286. The van der Waals surface area contributed by atoms with Gasteiger partial charge < -0.3 is 11.5 Å². The molecule has 0 bridgehead atoms. The summed E-state index contributed by atoms with van der Waals surface area (Å²) in [4.78, 5) is 6.81. The van der Waals surface area contributed by atoms with E-state index in [-0.39, 0.29) is 5.82 Å². The average Bonchev–Trinajstić information content (AvgIpc) is 1.95. The molecule has 0 aliphatic rings. The first-order chi connectivity index (χ1) is 4.74. The third-order valence-corrected chi connectivity index (χ3v) is 1.06. The van der Waals surface area contributed by atoms with Crippen molar-refractivity contribution in [1.29, 1.82) is 0 Å². The van der Waals surface area contributed by atoms with E-state index >= 15 is 0 Å². The van der Waals surface area contributed by atoms with Crippen LogP contribution in [0, 0.1) is 6.57 Å². The topological polar surface area (TPSA) is 69.3 Å². The van der Waals surface area contributed by atoms with Gasteiger partial charge >= 0.3 is 0 Å². The fraction of sp³-hybridized carbons (Fsp3) is 0. The number of hydrogen-bond donors (Lipinski definition) is 2. The van der Waals surface area contributed by atoms with Crippen molar-refractivity contribution in [2.75, 3.05) is 11.5 Å². The van der Waals surface area contributed by atoms with Crippen LogP contribution in [-0.2, 0) is 0 Å². The fourth-order valence-corrected chi connectivity index (χ4v) is 0.542. The molecule has 0 atom stereocenters. The number of rotatable bonds is 0. The van der Waals surface area contributed by atoms with E-state index in [0.717, 1.165) is 0 Å². The van der Waals surface area contributed by atoms with Gasteiger partial charge in [0.15, 0.2) is 0 Å². The summed E-state index contributed by atoms with van der Waals surface area (Å²) < 4.78 is 0. The highest BCUT2D eigenvalue weighted by atomic mass is 14.9. The van der Waals surface area contributed by atoms with E-state index in [4.69, 9.17) is 18.0 Å². The van der Waals surface area contributed by atoms with Gasteiger partial charge in [0.2, 0.25) is 5.69 Å². The highest BCUT2D eigenvalue weighted by Gasteiger charge is 1.95. The number of pyridine rings is 1. The highest BCUT2D eigenvalue weighted by Crippen LogP contribution is 2.18. The zero-order valence-corrected chi connectivity index (χ0v) is 5.20. The van der Waals surface area contributed by atoms with Crippen LogP contribution < -0.4 is 11.5 Å². The van der Waals surface area contributed by atoms with Crippen molar-refractivity contribution in [2.45, 2.75) is 0 Å². The maximum absolute atomic E-state index is 6.60. The first-order valence-corrected chi connectivity index (χ1v) is 2.62. The van der Waals surface area contributed by atoms with E-state index in [1.54, 1.807) is 0 Å². The van der Waals surface area contributed by atoms with Crippen LogP contribution in [0.3, 0.4) is 0 Å². The van der Waals surface area contributed by atoms with Gasteiger partial charge in [0.25, 0.3) is 0 Å². The number of nitrogen functional groups attached to an aromatic ring is 2. The second-order valence-corrected chi connectivity index (χ2v) is 1.78. The molecule has 1 heterocycles. The number of aromatic nitrogens is 1. The van der Waals surface area contributed by atoms with Gasteiger partial charge in [-0.05, 0) is 6.07 Å². The molecule has 4 heteroatoms. The second-order valence-electron chi connectivity index (χ2n) is 1.78. The SMILES string of the molecule is [C-]#[N+]c1cnc(N)c(N)c1. The van der Waals surface area contributed by atoms with Crippen LogP contribution in [0.1, 0.15) is 0 Å². The maximum atomic E-state index is 6.60. The normalized spacial score (nSPS) is 8.70. The summed E-state index contributed by atoms with van der Waals surface area (Å²) >= 11 is 0. The van der Waals surface area contributed by atoms with E-state index in [0.29, 0.717) is 11.4 Å². The van der Waals surface area contributed by atoms with Crippen molar-refractivity contribution in [3.63, 3.8) is 0 Å². The summed E-state index contributed by atoms with van der Waals surface area (Å²) in [6, 6.07) is 1.50. The molecule has 0 saturated carbocycles. The number of nitrogens with zero attached hydrogens (tertiary/aromatic N) is 2. The third-order valence-electron chi connectivity index (χ3n) is 1.06. The van der Waals surface area contributed by atoms with Gasteiger partial charge in [0.1, 0.15) is 5.82 Å². The molecule has 0 unspecified atom stereocenters. The largest absolute Gasteiger partial charge is 0.397 e. The van der Waals surface area contributed by atoms with Gasteiger partial charge in [-0.15, -0.1) is 0 Å². The lowest BCUT2D eigenvalue weighted by molar-refractivity contribution is 1.35. The molecule has 0 amide bonds. The molecule has 0 aliphatic heterocycles. The van der Waals surface area contributed by atoms with Crippen molar-refractivity contribution in [2.24, 2.45) is 0 Å². The molecule has 0 saturated heterocycles. The smallest absolute Gasteiger partial charge is 0.207 e. The molecular weight excluding hydrogens is 128 g/mol. The van der Waals surface area contributed by atoms with Gasteiger partial charge in [-0.1, -0.05) is 0 Å². The monoisotopic (exact) mass is 134 g/mol. The molecule has 1 aromatic heterocycles. The first-order valence-electron chi connectivity index (χ1n) is 2.62. The number of hydrogen-bond acceptors (Lipinski definition) is 3. The molecule has 0 radical (unpaired) electrons. The number of anilines is 2. The van der Waals surface area contributed by atoms with Gasteiger partial charge in [-0.2, -0.15) is 0 Å². The molecule has 0 aromatic carbocycles. The molecule has 0 aliphatic carbocycles. The average molecular weight is 134 g/mol. The van der Waals surface area contributed by atoms with Crippen LogP contribution in [0.25, 0.3) is 4.85 Å². The molecule has 10 heavy (non-hydrogen) atoms. The lowest BCUT2D eigenvalue weighted by atomic mass is 10.3. The zero-order chi connectivity index (χ0) is 7.56. The minimum atomic E-state index is 0.271. The Morgan fingerprint density at radius 1 is 1.50 bits per heavy atom. The van der Waals surface area contributed by atoms with Crippen LogP contribution in [0.2, 0.25) is 0 Å². The van der Waals surface area contributed by atoms with Crippen molar-refractivity contribution < 1.29 is 0 Å². The zero-order valence-electron chi connectivity index (χ0n) is 5.20. The van der Waals surface area contributed by atoms with Crippen LogP contribution in [0.4, 0.5) is 17.2 Å². The Hall–Kier alpha value is -1.76. The Morgan fingerprint density at radius 3 is 2.70 bits per heavy atom. The first kappa shape index (κ1) is 6.36. The van der Waals surface area contributed by atoms with Crippen molar-refractivity contribution >= 4 is 17.2 Å². The Kier molecular flexibility index (Phi) is 1.42. The van der Waals surface area contributed by atoms with Crippen LogP contribution in [0.15, 0.2) is 12.3 Å². The standard InChI is InChI=1S/C6H6N4/c1-9-4-2-5(7)6(8)10-3-4/h2-3H,7H2,(H2,8,10). The van der Waals surface area contributed by atoms with Gasteiger partial charge in [-0.25, -0.2) is 9.83 Å². The second kappa shape index (κ2) is 2.23. The van der Waals surface area contributed by atoms with Gasteiger partial charge in [0.05, 0.1) is 12.3 Å². The van der Waals surface area contributed by atoms with Crippen LogP contribution in [-0.4, -0.2) is 4.98 Å². The minimum absolute atomic E-state index is 0.271. The van der Waals surface area contributed by atoms with E-state index in [2.05, 4.69) is 9.83 Å². The Morgan fingerprint density at radius 2 is 2.20 bits per heavy atom. The molecule has 4 N–H and O–H groups in total. The summed E-state index contributed by atoms with van der Waals surface area (Å²) in [7, 11) is 0. The Labute approximate surface area is 58.3 Å². The van der Waals surface area contributed by atoms with Crippen molar-refractivity contribution in [1.82, 2.24) is 4.98 Å². The predicted molar refractivity (Wildman–Crippen MR) is 39.3 cm³/mol. The maximum Gasteiger partial charge on any atom is 0.207 e. The summed E-state index contributed by atoms with van der Waals surface area (Å²) in [5, 5.41) is 0. The molecule has 1 aromatic rings. The molecule has 1 rings (SSSR count). The van der Waals surface area contributed by atoms with Gasteiger partial charge in [0, 0.05) is 6.20 Å². The van der Waals surface area contributed by atoms with Crippen molar-refractivity contribution in [3.8, 4) is 0 Å². The van der Waals surface area contributed by atoms with Crippen LogP contribution in [0.5, 0.6) is 0 Å². The molecular formula is C6H6N4. The number of nitrogens with two attached hydrogens (primary N) is 2. The highest BCUT2D eigenvalue weighted by molar-refractivity contribution is 5.64.